The van der Waals surface area contributed by atoms with Crippen LogP contribution in [0.5, 0.6) is 0 Å². The van der Waals surface area contributed by atoms with Gasteiger partial charge in [-0.3, -0.25) is 0 Å². The zero-order chi connectivity index (χ0) is 13.0. The van der Waals surface area contributed by atoms with Crippen molar-refractivity contribution < 1.29 is 0 Å². The lowest BCUT2D eigenvalue weighted by Gasteiger charge is -2.22. The fourth-order valence-electron chi connectivity index (χ4n) is 2.65. The highest BCUT2D eigenvalue weighted by Gasteiger charge is 2.10. The molecule has 0 aliphatic rings. The molecule has 98 valence electrons. The van der Waals surface area contributed by atoms with Crippen LogP contribution in [0.25, 0.3) is 5.52 Å². The lowest BCUT2D eigenvalue weighted by atomic mass is 10.0. The van der Waals surface area contributed by atoms with Gasteiger partial charge in [-0.2, -0.15) is 0 Å². The minimum Gasteiger partial charge on any atom is -0.324 e. The quantitative estimate of drug-likeness (QED) is 0.755. The Kier molecular flexibility index (Phi) is 4.43. The third-order valence-electron chi connectivity index (χ3n) is 3.69. The summed E-state index contributed by atoms with van der Waals surface area (Å²) in [6.45, 7) is 10.3. The van der Waals surface area contributed by atoms with Gasteiger partial charge in [-0.1, -0.05) is 26.8 Å². The second-order valence-corrected chi connectivity index (χ2v) is 5.13. The zero-order valence-electron chi connectivity index (χ0n) is 11.8. The maximum absolute atomic E-state index is 2.50. The van der Waals surface area contributed by atoms with Gasteiger partial charge in [0.25, 0.3) is 0 Å². The Bertz CT molecular complexity index is 483. The molecule has 0 saturated carbocycles. The second kappa shape index (κ2) is 6.05. The van der Waals surface area contributed by atoms with Crippen molar-refractivity contribution in [2.45, 2.75) is 27.2 Å². The van der Waals surface area contributed by atoms with Gasteiger partial charge < -0.3 is 9.30 Å². The van der Waals surface area contributed by atoms with Crippen LogP contribution in [0.2, 0.25) is 0 Å². The van der Waals surface area contributed by atoms with Gasteiger partial charge in [-0.25, -0.2) is 0 Å². The van der Waals surface area contributed by atoms with E-state index in [9.17, 15) is 0 Å². The maximum Gasteiger partial charge on any atom is 0.0481 e. The summed E-state index contributed by atoms with van der Waals surface area (Å²) in [4.78, 5) is 2.50. The highest BCUT2D eigenvalue weighted by molar-refractivity contribution is 5.55. The first-order chi connectivity index (χ1) is 8.74. The van der Waals surface area contributed by atoms with Crippen LogP contribution in [0, 0.1) is 5.92 Å². The standard InChI is InChI=1S/C16H24N2/c1-4-17(5-2)13-14(3)12-15-9-11-18-10-7-6-8-16(15)18/h6-11,14H,4-5,12-13H2,1-3H3. The van der Waals surface area contributed by atoms with Crippen molar-refractivity contribution >= 4 is 5.52 Å². The number of aromatic nitrogens is 1. The number of nitrogens with zero attached hydrogens (tertiary/aromatic N) is 2. The van der Waals surface area contributed by atoms with Gasteiger partial charge in [0.05, 0.1) is 0 Å². The summed E-state index contributed by atoms with van der Waals surface area (Å²) < 4.78 is 2.21. The number of pyridine rings is 1. The molecule has 2 aromatic heterocycles. The van der Waals surface area contributed by atoms with Gasteiger partial charge in [-0.15, -0.1) is 0 Å². The van der Waals surface area contributed by atoms with Gasteiger partial charge in [-0.05, 0) is 49.2 Å². The van der Waals surface area contributed by atoms with Crippen LogP contribution in [0.3, 0.4) is 0 Å². The van der Waals surface area contributed by atoms with Gasteiger partial charge >= 0.3 is 0 Å². The molecule has 2 rings (SSSR count). The summed E-state index contributed by atoms with van der Waals surface area (Å²) in [6, 6.07) is 8.66. The first-order valence-corrected chi connectivity index (χ1v) is 7.01. The summed E-state index contributed by atoms with van der Waals surface area (Å²) in [7, 11) is 0. The van der Waals surface area contributed by atoms with E-state index >= 15 is 0 Å². The number of fused-ring (bicyclic) bond motifs is 1. The van der Waals surface area contributed by atoms with E-state index in [2.05, 4.69) is 66.7 Å². The predicted molar refractivity (Wildman–Crippen MR) is 78.1 cm³/mol. The van der Waals surface area contributed by atoms with Gasteiger partial charge in [0.2, 0.25) is 0 Å². The van der Waals surface area contributed by atoms with Crippen LogP contribution in [0.4, 0.5) is 0 Å². The Labute approximate surface area is 110 Å². The molecule has 1 unspecified atom stereocenters. The molecule has 2 heterocycles. The molecule has 0 spiro atoms. The molecule has 0 bridgehead atoms. The highest BCUT2D eigenvalue weighted by atomic mass is 15.1. The fourth-order valence-corrected chi connectivity index (χ4v) is 2.65. The largest absolute Gasteiger partial charge is 0.324 e. The lowest BCUT2D eigenvalue weighted by molar-refractivity contribution is 0.260. The predicted octanol–water partition coefficient (Wildman–Crippen LogP) is 3.46. The molecule has 0 amide bonds. The molecule has 2 heteroatoms. The average Bonchev–Trinajstić information content (AvgIpc) is 2.79. The molecule has 0 fully saturated rings. The van der Waals surface area contributed by atoms with Crippen molar-refractivity contribution in [1.29, 1.82) is 0 Å². The third kappa shape index (κ3) is 2.94. The van der Waals surface area contributed by atoms with E-state index in [0.29, 0.717) is 5.92 Å². The normalized spacial score (nSPS) is 13.3. The van der Waals surface area contributed by atoms with E-state index in [-0.39, 0.29) is 0 Å². The summed E-state index contributed by atoms with van der Waals surface area (Å²) in [6.07, 6.45) is 5.44. The molecular weight excluding hydrogens is 220 g/mol. The van der Waals surface area contributed by atoms with Crippen LogP contribution in [0.15, 0.2) is 36.7 Å². The Balaban J connectivity index is 2.04. The zero-order valence-corrected chi connectivity index (χ0v) is 11.8. The summed E-state index contributed by atoms with van der Waals surface area (Å²) >= 11 is 0. The van der Waals surface area contributed by atoms with Crippen molar-refractivity contribution in [3.63, 3.8) is 0 Å². The van der Waals surface area contributed by atoms with Gasteiger partial charge in [0.15, 0.2) is 0 Å². The van der Waals surface area contributed by atoms with Crippen molar-refractivity contribution in [3.05, 3.63) is 42.2 Å². The molecule has 0 aliphatic heterocycles. The van der Waals surface area contributed by atoms with E-state index in [4.69, 9.17) is 0 Å². The molecule has 0 saturated heterocycles. The SMILES string of the molecule is CCN(CC)CC(C)Cc1ccn2ccccc12. The van der Waals surface area contributed by atoms with Crippen LogP contribution >= 0.6 is 0 Å². The molecule has 0 aromatic carbocycles. The monoisotopic (exact) mass is 244 g/mol. The van der Waals surface area contributed by atoms with Crippen LogP contribution < -0.4 is 0 Å². The molecule has 18 heavy (non-hydrogen) atoms. The van der Waals surface area contributed by atoms with E-state index < -0.39 is 0 Å². The van der Waals surface area contributed by atoms with Crippen LogP contribution in [-0.2, 0) is 6.42 Å². The van der Waals surface area contributed by atoms with Gasteiger partial charge in [0, 0.05) is 24.5 Å². The maximum atomic E-state index is 2.50. The third-order valence-corrected chi connectivity index (χ3v) is 3.69. The summed E-state index contributed by atoms with van der Waals surface area (Å²) in [5, 5.41) is 0. The minimum absolute atomic E-state index is 0.705. The molecule has 0 radical (unpaired) electrons. The second-order valence-electron chi connectivity index (χ2n) is 5.13. The summed E-state index contributed by atoms with van der Waals surface area (Å²) in [5.41, 5.74) is 2.82. The highest BCUT2D eigenvalue weighted by Crippen LogP contribution is 2.17. The number of rotatable bonds is 6. The number of hydrogen-bond donors (Lipinski definition) is 0. The molecular formula is C16H24N2. The Morgan fingerprint density at radius 2 is 1.89 bits per heavy atom. The Hall–Kier alpha value is -1.28. The molecule has 2 nitrogen and oxygen atoms in total. The topological polar surface area (TPSA) is 7.65 Å². The first kappa shape index (κ1) is 13.2. The minimum atomic E-state index is 0.705. The molecule has 0 aliphatic carbocycles. The van der Waals surface area contributed by atoms with Gasteiger partial charge in [0.1, 0.15) is 0 Å². The molecule has 0 N–H and O–H groups in total. The van der Waals surface area contributed by atoms with E-state index in [1.807, 2.05) is 0 Å². The van der Waals surface area contributed by atoms with Crippen molar-refractivity contribution in [3.8, 4) is 0 Å². The number of hydrogen-bond acceptors (Lipinski definition) is 1. The van der Waals surface area contributed by atoms with Crippen LogP contribution in [-0.4, -0.2) is 28.9 Å². The van der Waals surface area contributed by atoms with E-state index in [0.717, 1.165) is 19.5 Å². The Morgan fingerprint density at radius 3 is 2.61 bits per heavy atom. The smallest absolute Gasteiger partial charge is 0.0481 e. The lowest BCUT2D eigenvalue weighted by Crippen LogP contribution is -2.28. The molecule has 1 atom stereocenters. The van der Waals surface area contributed by atoms with Crippen molar-refractivity contribution in [2.75, 3.05) is 19.6 Å². The van der Waals surface area contributed by atoms with E-state index in [1.54, 1.807) is 0 Å². The van der Waals surface area contributed by atoms with E-state index in [1.165, 1.54) is 17.6 Å². The van der Waals surface area contributed by atoms with Crippen molar-refractivity contribution in [1.82, 2.24) is 9.30 Å². The van der Waals surface area contributed by atoms with Crippen molar-refractivity contribution in [2.24, 2.45) is 5.92 Å². The first-order valence-electron chi connectivity index (χ1n) is 7.01. The van der Waals surface area contributed by atoms with Crippen LogP contribution in [0.1, 0.15) is 26.3 Å². The molecule has 2 aromatic rings. The summed E-state index contributed by atoms with van der Waals surface area (Å²) in [5.74, 6) is 0.705. The Morgan fingerprint density at radius 1 is 1.11 bits per heavy atom. The fraction of sp³-hybridized carbons (Fsp3) is 0.500. The average molecular weight is 244 g/mol.